The maximum absolute atomic E-state index is 13.0. The molecule has 1 fully saturated rings. The van der Waals surface area contributed by atoms with Gasteiger partial charge in [-0.2, -0.15) is 0 Å². The summed E-state index contributed by atoms with van der Waals surface area (Å²) in [4.78, 5) is 22.0. The summed E-state index contributed by atoms with van der Waals surface area (Å²) < 4.78 is 5.41. The third-order valence-electron chi connectivity index (χ3n) is 5.31. The first-order chi connectivity index (χ1) is 14.8. The van der Waals surface area contributed by atoms with E-state index in [1.165, 1.54) is 0 Å². The van der Waals surface area contributed by atoms with E-state index in [9.17, 15) is 4.79 Å². The van der Waals surface area contributed by atoms with Crippen LogP contribution < -0.4 is 0 Å². The number of carbonyl (C=O) groups is 1. The van der Waals surface area contributed by atoms with Crippen LogP contribution in [0.2, 0.25) is 5.02 Å². The van der Waals surface area contributed by atoms with E-state index in [0.29, 0.717) is 29.6 Å². The van der Waals surface area contributed by atoms with Crippen molar-refractivity contribution in [2.24, 2.45) is 0 Å². The van der Waals surface area contributed by atoms with Crippen LogP contribution in [0.1, 0.15) is 48.4 Å². The van der Waals surface area contributed by atoms with Gasteiger partial charge in [-0.25, -0.2) is 4.98 Å². The summed E-state index contributed by atoms with van der Waals surface area (Å²) in [5.74, 6) is 0.476. The van der Waals surface area contributed by atoms with Crippen molar-refractivity contribution in [1.82, 2.24) is 19.9 Å². The van der Waals surface area contributed by atoms with Crippen LogP contribution in [-0.2, 0) is 12.0 Å². The molecule has 1 aliphatic rings. The van der Waals surface area contributed by atoms with Crippen molar-refractivity contribution in [2.45, 2.75) is 39.2 Å². The highest BCUT2D eigenvalue weighted by atomic mass is 35.5. The Balaban J connectivity index is 1.37. The highest BCUT2D eigenvalue weighted by Gasteiger charge is 2.24. The SMILES string of the molecule is CC(C)(C)c1nc(CN2CCCN(C(=O)c3cc(-c4ccc(Cl)cc4)on3)CC2)cs1. The number of aromatic nitrogens is 2. The normalized spacial score (nSPS) is 15.8. The van der Waals surface area contributed by atoms with Gasteiger partial charge in [0.05, 0.1) is 10.7 Å². The second kappa shape index (κ2) is 9.10. The minimum Gasteiger partial charge on any atom is -0.355 e. The highest BCUT2D eigenvalue weighted by molar-refractivity contribution is 7.09. The third-order valence-corrected chi connectivity index (χ3v) is 6.88. The fourth-order valence-corrected chi connectivity index (χ4v) is 4.60. The van der Waals surface area contributed by atoms with E-state index in [2.05, 4.69) is 36.2 Å². The molecule has 0 aliphatic carbocycles. The van der Waals surface area contributed by atoms with Crippen molar-refractivity contribution < 1.29 is 9.32 Å². The van der Waals surface area contributed by atoms with Crippen molar-refractivity contribution in [3.8, 4) is 11.3 Å². The van der Waals surface area contributed by atoms with Crippen LogP contribution in [0.3, 0.4) is 0 Å². The lowest BCUT2D eigenvalue weighted by Crippen LogP contribution is -2.35. The van der Waals surface area contributed by atoms with Crippen molar-refractivity contribution in [2.75, 3.05) is 26.2 Å². The number of thiazole rings is 1. The van der Waals surface area contributed by atoms with Gasteiger partial charge in [0.1, 0.15) is 0 Å². The Morgan fingerprint density at radius 1 is 1.16 bits per heavy atom. The summed E-state index contributed by atoms with van der Waals surface area (Å²) in [7, 11) is 0. The maximum Gasteiger partial charge on any atom is 0.276 e. The zero-order chi connectivity index (χ0) is 22.0. The Kier molecular flexibility index (Phi) is 6.46. The minimum atomic E-state index is -0.0884. The largest absolute Gasteiger partial charge is 0.355 e. The van der Waals surface area contributed by atoms with Crippen molar-refractivity contribution in [3.63, 3.8) is 0 Å². The average molecular weight is 459 g/mol. The van der Waals surface area contributed by atoms with Gasteiger partial charge >= 0.3 is 0 Å². The molecule has 0 radical (unpaired) electrons. The standard InChI is InChI=1S/C23H27ClN4O2S/c1-23(2,3)22-25-18(15-31-22)14-27-9-4-10-28(12-11-27)21(29)19-13-20(30-26-19)16-5-7-17(24)8-6-16/h5-8,13,15H,4,9-12,14H2,1-3H3. The number of hydrogen-bond acceptors (Lipinski definition) is 6. The first kappa shape index (κ1) is 22.0. The van der Waals surface area contributed by atoms with Crippen LogP contribution in [0.15, 0.2) is 40.2 Å². The molecule has 8 heteroatoms. The number of nitrogens with zero attached hydrogens (tertiary/aromatic N) is 4. The van der Waals surface area contributed by atoms with Crippen LogP contribution in [0.25, 0.3) is 11.3 Å². The molecular weight excluding hydrogens is 432 g/mol. The molecule has 1 aliphatic heterocycles. The molecule has 3 heterocycles. The lowest BCUT2D eigenvalue weighted by molar-refractivity contribution is 0.0750. The number of amides is 1. The van der Waals surface area contributed by atoms with E-state index < -0.39 is 0 Å². The molecule has 1 aromatic carbocycles. The highest BCUT2D eigenvalue weighted by Crippen LogP contribution is 2.26. The molecule has 3 aromatic rings. The molecule has 4 rings (SSSR count). The van der Waals surface area contributed by atoms with Gasteiger partial charge < -0.3 is 9.42 Å². The summed E-state index contributed by atoms with van der Waals surface area (Å²) in [6.07, 6.45) is 0.921. The van der Waals surface area contributed by atoms with Crippen molar-refractivity contribution in [1.29, 1.82) is 0 Å². The van der Waals surface area contributed by atoms with E-state index in [1.807, 2.05) is 17.0 Å². The second-order valence-corrected chi connectivity index (χ2v) is 10.2. The Hall–Kier alpha value is -2.22. The molecule has 0 spiro atoms. The minimum absolute atomic E-state index is 0.0768. The summed E-state index contributed by atoms with van der Waals surface area (Å²) in [5, 5.41) is 7.98. The lowest BCUT2D eigenvalue weighted by atomic mass is 9.98. The molecule has 6 nitrogen and oxygen atoms in total. The van der Waals surface area contributed by atoms with Gasteiger partial charge in [-0.1, -0.05) is 37.5 Å². The summed E-state index contributed by atoms with van der Waals surface area (Å²) in [5.41, 5.74) is 2.37. The van der Waals surface area contributed by atoms with Crippen molar-refractivity contribution in [3.05, 3.63) is 57.1 Å². The van der Waals surface area contributed by atoms with Crippen LogP contribution in [0.5, 0.6) is 0 Å². The fourth-order valence-electron chi connectivity index (χ4n) is 3.57. The Bertz CT molecular complexity index is 1040. The van der Waals surface area contributed by atoms with Crippen LogP contribution in [0, 0.1) is 0 Å². The van der Waals surface area contributed by atoms with Gasteiger partial charge in [0.2, 0.25) is 0 Å². The Labute approximate surface area is 191 Å². The van der Waals surface area contributed by atoms with Gasteiger partial charge in [0.15, 0.2) is 11.5 Å². The summed E-state index contributed by atoms with van der Waals surface area (Å²) >= 11 is 7.67. The number of benzene rings is 1. The predicted octanol–water partition coefficient (Wildman–Crippen LogP) is 5.10. The van der Waals surface area contributed by atoms with Gasteiger partial charge in [-0.3, -0.25) is 9.69 Å². The molecule has 2 aromatic heterocycles. The topological polar surface area (TPSA) is 62.5 Å². The second-order valence-electron chi connectivity index (χ2n) is 8.90. The number of rotatable bonds is 4. The summed E-state index contributed by atoms with van der Waals surface area (Å²) in [6, 6.07) is 8.99. The van der Waals surface area contributed by atoms with E-state index in [1.54, 1.807) is 29.5 Å². The van der Waals surface area contributed by atoms with Crippen LogP contribution in [-0.4, -0.2) is 52.0 Å². The molecule has 0 unspecified atom stereocenters. The molecule has 0 N–H and O–H groups in total. The maximum atomic E-state index is 13.0. The van der Waals surface area contributed by atoms with Crippen molar-refractivity contribution >= 4 is 28.8 Å². The quantitative estimate of drug-likeness (QED) is 0.544. The molecule has 1 saturated heterocycles. The monoisotopic (exact) mass is 458 g/mol. The molecule has 164 valence electrons. The van der Waals surface area contributed by atoms with Crippen LogP contribution in [0.4, 0.5) is 0 Å². The van der Waals surface area contributed by atoms with E-state index in [-0.39, 0.29) is 11.3 Å². The smallest absolute Gasteiger partial charge is 0.276 e. The molecule has 0 bridgehead atoms. The Morgan fingerprint density at radius 2 is 1.94 bits per heavy atom. The number of halogens is 1. The fraction of sp³-hybridized carbons (Fsp3) is 0.435. The lowest BCUT2D eigenvalue weighted by Gasteiger charge is -2.20. The van der Waals surface area contributed by atoms with Crippen LogP contribution >= 0.6 is 22.9 Å². The van der Waals surface area contributed by atoms with Gasteiger partial charge in [-0.15, -0.1) is 11.3 Å². The first-order valence-electron chi connectivity index (χ1n) is 10.5. The molecule has 1 amide bonds. The molecule has 31 heavy (non-hydrogen) atoms. The molecule has 0 atom stereocenters. The van der Waals surface area contributed by atoms with E-state index in [4.69, 9.17) is 21.1 Å². The van der Waals surface area contributed by atoms with Gasteiger partial charge in [0, 0.05) is 60.2 Å². The van der Waals surface area contributed by atoms with E-state index >= 15 is 0 Å². The first-order valence-corrected chi connectivity index (χ1v) is 11.7. The summed E-state index contributed by atoms with van der Waals surface area (Å²) in [6.45, 7) is 10.5. The number of hydrogen-bond donors (Lipinski definition) is 0. The van der Waals surface area contributed by atoms with E-state index in [0.717, 1.165) is 42.3 Å². The predicted molar refractivity (Wildman–Crippen MR) is 124 cm³/mol. The molecular formula is C23H27ClN4O2S. The van der Waals surface area contributed by atoms with Gasteiger partial charge in [0.25, 0.3) is 5.91 Å². The Morgan fingerprint density at radius 3 is 2.65 bits per heavy atom. The third kappa shape index (κ3) is 5.34. The van der Waals surface area contributed by atoms with Gasteiger partial charge in [-0.05, 0) is 30.7 Å². The zero-order valence-electron chi connectivity index (χ0n) is 18.1. The number of carbonyl (C=O) groups excluding carboxylic acids is 1. The zero-order valence-corrected chi connectivity index (χ0v) is 19.7. The molecule has 0 saturated carbocycles. The average Bonchev–Trinajstić information content (AvgIpc) is 3.34.